The van der Waals surface area contributed by atoms with Gasteiger partial charge in [0.2, 0.25) is 5.91 Å². The van der Waals surface area contributed by atoms with Gasteiger partial charge in [0.15, 0.2) is 0 Å². The molecule has 8 heteroatoms. The smallest absolute Gasteiger partial charge is 0.237 e. The highest BCUT2D eigenvalue weighted by Crippen LogP contribution is 2.20. The highest BCUT2D eigenvalue weighted by atomic mass is 35.5. The van der Waals surface area contributed by atoms with Crippen molar-refractivity contribution in [3.8, 4) is 0 Å². The maximum atomic E-state index is 12.0. The summed E-state index contributed by atoms with van der Waals surface area (Å²) in [4.78, 5) is 13.2. The van der Waals surface area contributed by atoms with E-state index in [0.29, 0.717) is 0 Å². The Balaban J connectivity index is 0.00000484. The molecule has 0 aliphatic rings. The molecule has 2 unspecified atom stereocenters. The Morgan fingerprint density at radius 1 is 1.30 bits per heavy atom. The summed E-state index contributed by atoms with van der Waals surface area (Å²) in [5, 5.41) is 2.82. The first kappa shape index (κ1) is 22.2. The molecule has 0 aliphatic carbocycles. The average Bonchev–Trinajstić information content (AvgIpc) is 2.45. The number of nitrogens with two attached hydrogens (primary N) is 1. The standard InChI is InChI=1S/C15H24N2O3S2.ClH/c1-4-21-13-7-5-12(6-8-13)11(2)17-15(18)14(16)9-10-22(3,19)20;/h5-8,11,14H,4,9-10,16H2,1-3H3,(H,17,18);1H. The molecule has 3 N–H and O–H groups in total. The van der Waals surface area contributed by atoms with Crippen molar-refractivity contribution in [1.82, 2.24) is 5.32 Å². The van der Waals surface area contributed by atoms with Crippen LogP contribution in [0.4, 0.5) is 0 Å². The van der Waals surface area contributed by atoms with Gasteiger partial charge in [0.25, 0.3) is 0 Å². The number of rotatable bonds is 8. The van der Waals surface area contributed by atoms with Crippen LogP contribution in [-0.2, 0) is 14.6 Å². The van der Waals surface area contributed by atoms with Crippen molar-refractivity contribution in [2.45, 2.75) is 37.2 Å². The Morgan fingerprint density at radius 3 is 2.35 bits per heavy atom. The molecule has 0 heterocycles. The Morgan fingerprint density at radius 2 is 1.87 bits per heavy atom. The van der Waals surface area contributed by atoms with E-state index in [-0.39, 0.29) is 36.5 Å². The SMILES string of the molecule is CCSc1ccc(C(C)NC(=O)C(N)CCS(C)(=O)=O)cc1.Cl. The summed E-state index contributed by atoms with van der Waals surface area (Å²) in [7, 11) is -3.11. The van der Waals surface area contributed by atoms with Gasteiger partial charge < -0.3 is 11.1 Å². The molecule has 2 atom stereocenters. The normalized spacial score (nSPS) is 13.7. The van der Waals surface area contributed by atoms with Crippen LogP contribution in [0.2, 0.25) is 0 Å². The summed E-state index contributed by atoms with van der Waals surface area (Å²) in [6, 6.07) is 7.02. The van der Waals surface area contributed by atoms with Crippen molar-refractivity contribution in [3.63, 3.8) is 0 Å². The van der Waals surface area contributed by atoms with Gasteiger partial charge in [-0.15, -0.1) is 24.2 Å². The molecule has 1 aromatic carbocycles. The summed E-state index contributed by atoms with van der Waals surface area (Å²) >= 11 is 1.76. The van der Waals surface area contributed by atoms with Crippen molar-refractivity contribution < 1.29 is 13.2 Å². The Kier molecular flexibility index (Phi) is 9.84. The largest absolute Gasteiger partial charge is 0.348 e. The minimum Gasteiger partial charge on any atom is -0.348 e. The summed E-state index contributed by atoms with van der Waals surface area (Å²) in [5.41, 5.74) is 6.72. The van der Waals surface area contributed by atoms with Gasteiger partial charge in [-0.2, -0.15) is 0 Å². The van der Waals surface area contributed by atoms with Gasteiger partial charge in [-0.25, -0.2) is 8.42 Å². The molecule has 0 fully saturated rings. The summed E-state index contributed by atoms with van der Waals surface area (Å²) in [6.45, 7) is 3.97. The summed E-state index contributed by atoms with van der Waals surface area (Å²) in [5.74, 6) is 0.600. The highest BCUT2D eigenvalue weighted by molar-refractivity contribution is 7.99. The molecule has 1 amide bonds. The lowest BCUT2D eigenvalue weighted by Crippen LogP contribution is -2.42. The number of hydrogen-bond donors (Lipinski definition) is 2. The molecule has 132 valence electrons. The molecule has 1 rings (SSSR count). The summed E-state index contributed by atoms with van der Waals surface area (Å²) in [6.07, 6.45) is 1.26. The van der Waals surface area contributed by atoms with E-state index in [1.54, 1.807) is 11.8 Å². The van der Waals surface area contributed by atoms with Crippen molar-refractivity contribution in [1.29, 1.82) is 0 Å². The van der Waals surface area contributed by atoms with Crippen LogP contribution in [0.25, 0.3) is 0 Å². The Hall–Kier alpha value is -0.760. The van der Waals surface area contributed by atoms with Gasteiger partial charge >= 0.3 is 0 Å². The quantitative estimate of drug-likeness (QED) is 0.674. The Labute approximate surface area is 149 Å². The number of carbonyl (C=O) groups excluding carboxylic acids is 1. The van der Waals surface area contributed by atoms with Gasteiger partial charge in [0, 0.05) is 11.2 Å². The Bertz CT molecular complexity index is 591. The molecular weight excluding hydrogens is 356 g/mol. The van der Waals surface area contributed by atoms with Crippen molar-refractivity contribution in [2.75, 3.05) is 17.8 Å². The number of carbonyl (C=O) groups is 1. The fourth-order valence-electron chi connectivity index (χ4n) is 1.90. The monoisotopic (exact) mass is 380 g/mol. The molecule has 1 aromatic rings. The third kappa shape index (κ3) is 8.60. The van der Waals surface area contributed by atoms with E-state index in [4.69, 9.17) is 5.73 Å². The zero-order chi connectivity index (χ0) is 16.8. The second-order valence-electron chi connectivity index (χ2n) is 5.26. The minimum absolute atomic E-state index is 0. The first-order valence-corrected chi connectivity index (χ1v) is 10.2. The number of nitrogens with one attached hydrogen (secondary N) is 1. The maximum absolute atomic E-state index is 12.0. The zero-order valence-corrected chi connectivity index (χ0v) is 16.1. The van der Waals surface area contributed by atoms with E-state index < -0.39 is 15.9 Å². The van der Waals surface area contributed by atoms with Crippen molar-refractivity contribution >= 4 is 39.9 Å². The number of hydrogen-bond acceptors (Lipinski definition) is 5. The molecule has 5 nitrogen and oxygen atoms in total. The number of sulfone groups is 1. The van der Waals surface area contributed by atoms with E-state index in [1.807, 2.05) is 31.2 Å². The fraction of sp³-hybridized carbons (Fsp3) is 0.533. The lowest BCUT2D eigenvalue weighted by molar-refractivity contribution is -0.123. The van der Waals surface area contributed by atoms with Crippen LogP contribution in [0.1, 0.15) is 31.9 Å². The molecule has 0 radical (unpaired) electrons. The van der Waals surface area contributed by atoms with Gasteiger partial charge in [0.1, 0.15) is 9.84 Å². The third-order valence-electron chi connectivity index (χ3n) is 3.19. The first-order valence-electron chi connectivity index (χ1n) is 7.19. The fourth-order valence-corrected chi connectivity index (χ4v) is 3.24. The van der Waals surface area contributed by atoms with Crippen LogP contribution in [-0.4, -0.2) is 38.1 Å². The van der Waals surface area contributed by atoms with Crippen molar-refractivity contribution in [3.05, 3.63) is 29.8 Å². The van der Waals surface area contributed by atoms with Gasteiger partial charge in [-0.1, -0.05) is 19.1 Å². The number of thioether (sulfide) groups is 1. The van der Waals surface area contributed by atoms with E-state index in [9.17, 15) is 13.2 Å². The van der Waals surface area contributed by atoms with Gasteiger partial charge in [0.05, 0.1) is 17.8 Å². The predicted octanol–water partition coefficient (Wildman–Crippen LogP) is 2.16. The van der Waals surface area contributed by atoms with Crippen LogP contribution in [0.5, 0.6) is 0 Å². The van der Waals surface area contributed by atoms with Gasteiger partial charge in [-0.05, 0) is 36.8 Å². The lowest BCUT2D eigenvalue weighted by Gasteiger charge is -2.18. The number of halogens is 1. The molecule has 0 bridgehead atoms. The van der Waals surface area contributed by atoms with Crippen LogP contribution in [0.3, 0.4) is 0 Å². The molecule has 0 spiro atoms. The van der Waals surface area contributed by atoms with E-state index in [1.165, 1.54) is 4.90 Å². The van der Waals surface area contributed by atoms with E-state index >= 15 is 0 Å². The topological polar surface area (TPSA) is 89.3 Å². The zero-order valence-electron chi connectivity index (χ0n) is 13.6. The van der Waals surface area contributed by atoms with Gasteiger partial charge in [-0.3, -0.25) is 4.79 Å². The minimum atomic E-state index is -3.11. The molecule has 0 saturated heterocycles. The van der Waals surface area contributed by atoms with E-state index in [0.717, 1.165) is 17.6 Å². The average molecular weight is 381 g/mol. The highest BCUT2D eigenvalue weighted by Gasteiger charge is 2.18. The maximum Gasteiger partial charge on any atom is 0.237 e. The van der Waals surface area contributed by atoms with E-state index in [2.05, 4.69) is 12.2 Å². The predicted molar refractivity (Wildman–Crippen MR) is 98.9 cm³/mol. The molecule has 0 saturated carbocycles. The molecule has 0 aromatic heterocycles. The first-order chi connectivity index (χ1) is 10.2. The number of benzene rings is 1. The second-order valence-corrected chi connectivity index (χ2v) is 8.85. The second kappa shape index (κ2) is 10.2. The lowest BCUT2D eigenvalue weighted by atomic mass is 10.1. The number of amides is 1. The van der Waals surface area contributed by atoms with Crippen LogP contribution < -0.4 is 11.1 Å². The third-order valence-corrected chi connectivity index (χ3v) is 5.06. The summed E-state index contributed by atoms with van der Waals surface area (Å²) < 4.78 is 22.2. The van der Waals surface area contributed by atoms with Crippen LogP contribution in [0.15, 0.2) is 29.2 Å². The van der Waals surface area contributed by atoms with Crippen LogP contribution >= 0.6 is 24.2 Å². The van der Waals surface area contributed by atoms with Crippen molar-refractivity contribution in [2.24, 2.45) is 5.73 Å². The molecule has 23 heavy (non-hydrogen) atoms. The molecule has 0 aliphatic heterocycles. The molecular formula is C15H25ClN2O3S2. The van der Waals surface area contributed by atoms with Crippen LogP contribution in [0, 0.1) is 0 Å².